The van der Waals surface area contributed by atoms with Gasteiger partial charge >= 0.3 is 0 Å². The molecule has 0 amide bonds. The molecule has 3 atom stereocenters. The van der Waals surface area contributed by atoms with Crippen molar-refractivity contribution in [3.05, 3.63) is 11.5 Å². The van der Waals surface area contributed by atoms with E-state index in [0.29, 0.717) is 17.6 Å². The van der Waals surface area contributed by atoms with Gasteiger partial charge in [0.15, 0.2) is 5.65 Å². The number of anilines is 1. The number of H-pyrrole nitrogens is 1. The van der Waals surface area contributed by atoms with Crippen LogP contribution in [0.15, 0.2) is 6.20 Å². The lowest BCUT2D eigenvalue weighted by molar-refractivity contribution is 0.391. The van der Waals surface area contributed by atoms with E-state index < -0.39 is 0 Å². The van der Waals surface area contributed by atoms with Crippen LogP contribution in [0.3, 0.4) is 0 Å². The average Bonchev–Trinajstić information content (AvgIpc) is 2.97. The Kier molecular flexibility index (Phi) is 3.31. The van der Waals surface area contributed by atoms with Crippen LogP contribution in [0, 0.1) is 11.8 Å². The summed E-state index contributed by atoms with van der Waals surface area (Å²) in [7, 11) is 0. The molecule has 5 nitrogen and oxygen atoms in total. The van der Waals surface area contributed by atoms with Crippen molar-refractivity contribution in [1.29, 1.82) is 0 Å². The summed E-state index contributed by atoms with van der Waals surface area (Å²) in [6.45, 7) is 4.58. The fourth-order valence-corrected chi connectivity index (χ4v) is 3.29. The zero-order chi connectivity index (χ0) is 13.4. The maximum absolute atomic E-state index is 5.95. The smallest absolute Gasteiger partial charge is 0.226 e. The summed E-state index contributed by atoms with van der Waals surface area (Å²) in [5, 5.41) is 11.5. The molecule has 2 aromatic rings. The molecule has 0 bridgehead atoms. The lowest BCUT2D eigenvalue weighted by Crippen LogP contribution is -2.25. The first-order valence-electron chi connectivity index (χ1n) is 6.82. The highest BCUT2D eigenvalue weighted by atomic mass is 35.5. The number of fused-ring (bicyclic) bond motifs is 1. The molecule has 1 saturated carbocycles. The molecule has 2 aromatic heterocycles. The van der Waals surface area contributed by atoms with Gasteiger partial charge in [-0.15, -0.1) is 0 Å². The summed E-state index contributed by atoms with van der Waals surface area (Å²) in [6.07, 6.45) is 5.44. The SMILES string of the molecule is CCC1CCC(Nc2nc(Cl)nc3[nH]ncc23)C1C. The topological polar surface area (TPSA) is 66.5 Å². The quantitative estimate of drug-likeness (QED) is 0.847. The maximum atomic E-state index is 5.95. The van der Waals surface area contributed by atoms with Gasteiger partial charge in [0, 0.05) is 6.04 Å². The van der Waals surface area contributed by atoms with Gasteiger partial charge in [0.05, 0.1) is 11.6 Å². The lowest BCUT2D eigenvalue weighted by Gasteiger charge is -2.21. The third-order valence-electron chi connectivity index (χ3n) is 4.36. The summed E-state index contributed by atoms with van der Waals surface area (Å²) >= 11 is 5.95. The maximum Gasteiger partial charge on any atom is 0.226 e. The van der Waals surface area contributed by atoms with Gasteiger partial charge in [-0.1, -0.05) is 20.3 Å². The fraction of sp³-hybridized carbons (Fsp3) is 0.615. The van der Waals surface area contributed by atoms with Gasteiger partial charge in [-0.25, -0.2) is 0 Å². The van der Waals surface area contributed by atoms with Crippen LogP contribution in [0.1, 0.15) is 33.1 Å². The molecule has 0 radical (unpaired) electrons. The zero-order valence-corrected chi connectivity index (χ0v) is 11.9. The molecule has 0 aromatic carbocycles. The van der Waals surface area contributed by atoms with Crippen LogP contribution in [0.4, 0.5) is 5.82 Å². The summed E-state index contributed by atoms with van der Waals surface area (Å²) in [6, 6.07) is 0.453. The Hall–Kier alpha value is -1.36. The number of hydrogen-bond acceptors (Lipinski definition) is 4. The first kappa shape index (κ1) is 12.7. The first-order chi connectivity index (χ1) is 9.19. The van der Waals surface area contributed by atoms with Crippen molar-refractivity contribution in [2.24, 2.45) is 11.8 Å². The van der Waals surface area contributed by atoms with Crippen LogP contribution < -0.4 is 5.32 Å². The van der Waals surface area contributed by atoms with Gasteiger partial charge < -0.3 is 5.32 Å². The molecule has 1 fully saturated rings. The number of hydrogen-bond donors (Lipinski definition) is 2. The van der Waals surface area contributed by atoms with E-state index >= 15 is 0 Å². The standard InChI is InChI=1S/C13H18ClN5/c1-3-8-4-5-10(7(8)2)16-11-9-6-15-19-12(9)18-13(14)17-11/h6-8,10H,3-5H2,1-2H3,(H2,15,16,17,18,19). The van der Waals surface area contributed by atoms with Gasteiger partial charge in [0.1, 0.15) is 5.82 Å². The molecule has 0 aliphatic heterocycles. The summed E-state index contributed by atoms with van der Waals surface area (Å²) in [4.78, 5) is 8.42. The average molecular weight is 280 g/mol. The van der Waals surface area contributed by atoms with E-state index in [1.807, 2.05) is 0 Å². The van der Waals surface area contributed by atoms with Gasteiger partial charge in [-0.3, -0.25) is 5.10 Å². The van der Waals surface area contributed by atoms with E-state index in [-0.39, 0.29) is 5.28 Å². The number of aromatic nitrogens is 4. The summed E-state index contributed by atoms with van der Waals surface area (Å²) < 4.78 is 0. The Labute approximate surface area is 117 Å². The van der Waals surface area contributed by atoms with E-state index in [2.05, 4.69) is 39.3 Å². The highest BCUT2D eigenvalue weighted by molar-refractivity contribution is 6.28. The summed E-state index contributed by atoms with van der Waals surface area (Å²) in [5.41, 5.74) is 0.681. The van der Waals surface area contributed by atoms with Gasteiger partial charge in [0.2, 0.25) is 5.28 Å². The van der Waals surface area contributed by atoms with Crippen LogP contribution in [0.5, 0.6) is 0 Å². The minimum atomic E-state index is 0.247. The van der Waals surface area contributed by atoms with E-state index in [9.17, 15) is 0 Å². The van der Waals surface area contributed by atoms with Gasteiger partial charge in [-0.05, 0) is 36.3 Å². The number of halogens is 1. The zero-order valence-electron chi connectivity index (χ0n) is 11.2. The van der Waals surface area contributed by atoms with E-state index in [1.165, 1.54) is 19.3 Å². The number of nitrogens with zero attached hydrogens (tertiary/aromatic N) is 3. The van der Waals surface area contributed by atoms with Crippen molar-refractivity contribution in [2.75, 3.05) is 5.32 Å². The second kappa shape index (κ2) is 4.96. The molecular formula is C13H18ClN5. The van der Waals surface area contributed by atoms with Crippen LogP contribution in [0.25, 0.3) is 11.0 Å². The minimum absolute atomic E-state index is 0.247. The van der Waals surface area contributed by atoms with Crippen LogP contribution in [-0.2, 0) is 0 Å². The predicted molar refractivity (Wildman–Crippen MR) is 76.3 cm³/mol. The molecule has 1 aliphatic rings. The highest BCUT2D eigenvalue weighted by Gasteiger charge is 2.32. The largest absolute Gasteiger partial charge is 0.366 e. The van der Waals surface area contributed by atoms with E-state index in [0.717, 1.165) is 17.1 Å². The highest BCUT2D eigenvalue weighted by Crippen LogP contribution is 2.36. The molecule has 0 spiro atoms. The van der Waals surface area contributed by atoms with Crippen molar-refractivity contribution in [1.82, 2.24) is 20.2 Å². The molecule has 102 valence electrons. The first-order valence-corrected chi connectivity index (χ1v) is 7.20. The molecule has 6 heteroatoms. The molecule has 2 heterocycles. The molecule has 3 rings (SSSR count). The van der Waals surface area contributed by atoms with Crippen LogP contribution >= 0.6 is 11.6 Å². The normalized spacial score (nSPS) is 27.0. The fourth-order valence-electron chi connectivity index (χ4n) is 3.12. The molecule has 3 unspecified atom stereocenters. The Morgan fingerprint density at radius 1 is 1.42 bits per heavy atom. The number of rotatable bonds is 3. The molecule has 1 aliphatic carbocycles. The van der Waals surface area contributed by atoms with Crippen molar-refractivity contribution in [2.45, 2.75) is 39.2 Å². The Morgan fingerprint density at radius 3 is 3.00 bits per heavy atom. The summed E-state index contributed by atoms with van der Waals surface area (Å²) in [5.74, 6) is 2.24. The molecule has 2 N–H and O–H groups in total. The molecular weight excluding hydrogens is 262 g/mol. The second-order valence-corrected chi connectivity index (χ2v) is 5.67. The second-order valence-electron chi connectivity index (χ2n) is 5.33. The van der Waals surface area contributed by atoms with Crippen LogP contribution in [-0.4, -0.2) is 26.2 Å². The van der Waals surface area contributed by atoms with E-state index in [4.69, 9.17) is 11.6 Å². The molecule has 19 heavy (non-hydrogen) atoms. The monoisotopic (exact) mass is 279 g/mol. The third-order valence-corrected chi connectivity index (χ3v) is 4.52. The Bertz CT molecular complexity index is 581. The van der Waals surface area contributed by atoms with Crippen molar-refractivity contribution in [3.63, 3.8) is 0 Å². The van der Waals surface area contributed by atoms with Crippen molar-refractivity contribution < 1.29 is 0 Å². The van der Waals surface area contributed by atoms with Crippen molar-refractivity contribution >= 4 is 28.5 Å². The lowest BCUT2D eigenvalue weighted by atomic mass is 9.93. The number of nitrogens with one attached hydrogen (secondary N) is 2. The molecule has 0 saturated heterocycles. The Balaban J connectivity index is 1.87. The van der Waals surface area contributed by atoms with Crippen molar-refractivity contribution in [3.8, 4) is 0 Å². The van der Waals surface area contributed by atoms with Crippen LogP contribution in [0.2, 0.25) is 5.28 Å². The predicted octanol–water partition coefficient (Wildman–Crippen LogP) is 3.24. The van der Waals surface area contributed by atoms with E-state index in [1.54, 1.807) is 6.20 Å². The van der Waals surface area contributed by atoms with Gasteiger partial charge in [0.25, 0.3) is 0 Å². The Morgan fingerprint density at radius 2 is 2.26 bits per heavy atom. The van der Waals surface area contributed by atoms with Gasteiger partial charge in [-0.2, -0.15) is 15.1 Å². The minimum Gasteiger partial charge on any atom is -0.366 e. The number of aromatic amines is 1. The third kappa shape index (κ3) is 2.27.